The van der Waals surface area contributed by atoms with Gasteiger partial charge in [-0.15, -0.1) is 12.4 Å². The molecule has 22 heavy (non-hydrogen) atoms. The lowest BCUT2D eigenvalue weighted by Gasteiger charge is -2.34. The van der Waals surface area contributed by atoms with Crippen LogP contribution in [-0.4, -0.2) is 31.1 Å². The molecule has 0 spiro atoms. The van der Waals surface area contributed by atoms with E-state index >= 15 is 0 Å². The van der Waals surface area contributed by atoms with E-state index in [4.69, 9.17) is 4.42 Å². The van der Waals surface area contributed by atoms with E-state index in [0.717, 1.165) is 25.2 Å². The van der Waals surface area contributed by atoms with E-state index in [2.05, 4.69) is 10.2 Å². The smallest absolute Gasteiger partial charge is 0.194 e. The number of halogens is 4. The number of furan rings is 1. The van der Waals surface area contributed by atoms with Crippen LogP contribution in [0, 0.1) is 17.5 Å². The molecule has 1 aliphatic rings. The summed E-state index contributed by atoms with van der Waals surface area (Å²) in [6.07, 6.45) is 1.51. The molecule has 1 saturated heterocycles. The summed E-state index contributed by atoms with van der Waals surface area (Å²) in [6, 6.07) is 5.13. The summed E-state index contributed by atoms with van der Waals surface area (Å²) in [5.74, 6) is -3.23. The van der Waals surface area contributed by atoms with E-state index < -0.39 is 23.5 Å². The molecule has 7 heteroatoms. The predicted molar refractivity (Wildman–Crippen MR) is 78.6 cm³/mol. The van der Waals surface area contributed by atoms with Crippen LogP contribution in [-0.2, 0) is 0 Å². The third kappa shape index (κ3) is 3.29. The van der Waals surface area contributed by atoms with Crippen molar-refractivity contribution >= 4 is 12.4 Å². The Hall–Kier alpha value is -1.50. The Labute approximate surface area is 132 Å². The van der Waals surface area contributed by atoms with E-state index in [0.29, 0.717) is 24.4 Å². The molecule has 1 aliphatic heterocycles. The van der Waals surface area contributed by atoms with Gasteiger partial charge in [0.05, 0.1) is 12.3 Å². The van der Waals surface area contributed by atoms with Crippen molar-refractivity contribution in [3.63, 3.8) is 0 Å². The van der Waals surface area contributed by atoms with E-state index in [-0.39, 0.29) is 12.4 Å². The fraction of sp³-hybridized carbons (Fsp3) is 0.333. The standard InChI is InChI=1S/C15H15F3N2O.ClH/c16-11-8-10(9-12(17)14(11)18)15(13-2-1-7-21-13)20-5-3-19-4-6-20;/h1-2,7-9,15,19H,3-6H2;1H/t15-;/m1./s1. The van der Waals surface area contributed by atoms with E-state index in [1.54, 1.807) is 12.1 Å². The molecule has 0 radical (unpaired) electrons. The lowest BCUT2D eigenvalue weighted by molar-refractivity contribution is 0.179. The molecule has 0 unspecified atom stereocenters. The largest absolute Gasteiger partial charge is 0.467 e. The van der Waals surface area contributed by atoms with E-state index in [1.165, 1.54) is 6.26 Å². The van der Waals surface area contributed by atoms with Gasteiger partial charge in [0.15, 0.2) is 17.5 Å². The molecule has 1 aromatic carbocycles. The van der Waals surface area contributed by atoms with Gasteiger partial charge in [-0.05, 0) is 29.8 Å². The Morgan fingerprint density at radius 2 is 1.73 bits per heavy atom. The molecule has 1 N–H and O–H groups in total. The Morgan fingerprint density at radius 1 is 1.09 bits per heavy atom. The maximum Gasteiger partial charge on any atom is 0.194 e. The van der Waals surface area contributed by atoms with Crippen molar-refractivity contribution in [1.29, 1.82) is 0 Å². The first-order valence-electron chi connectivity index (χ1n) is 6.79. The van der Waals surface area contributed by atoms with Gasteiger partial charge in [0.1, 0.15) is 5.76 Å². The fourth-order valence-corrected chi connectivity index (χ4v) is 2.68. The van der Waals surface area contributed by atoms with E-state index in [9.17, 15) is 13.2 Å². The molecule has 0 saturated carbocycles. The quantitative estimate of drug-likeness (QED) is 0.875. The summed E-state index contributed by atoms with van der Waals surface area (Å²) < 4.78 is 45.6. The summed E-state index contributed by atoms with van der Waals surface area (Å²) in [6.45, 7) is 2.99. The van der Waals surface area contributed by atoms with Crippen LogP contribution in [0.3, 0.4) is 0 Å². The van der Waals surface area contributed by atoms with Crippen LogP contribution in [0.4, 0.5) is 13.2 Å². The second kappa shape index (κ2) is 7.17. The van der Waals surface area contributed by atoms with Gasteiger partial charge in [-0.3, -0.25) is 4.90 Å². The highest BCUT2D eigenvalue weighted by atomic mass is 35.5. The first-order valence-corrected chi connectivity index (χ1v) is 6.79. The maximum absolute atomic E-state index is 13.5. The molecule has 2 aromatic rings. The summed E-state index contributed by atoms with van der Waals surface area (Å²) >= 11 is 0. The SMILES string of the molecule is Cl.Fc1cc([C@H](c2ccco2)N2CCNCC2)cc(F)c1F. The highest BCUT2D eigenvalue weighted by Crippen LogP contribution is 2.31. The monoisotopic (exact) mass is 332 g/mol. The molecule has 3 rings (SSSR count). The van der Waals surface area contributed by atoms with Gasteiger partial charge >= 0.3 is 0 Å². The molecule has 1 fully saturated rings. The van der Waals surface area contributed by atoms with Gasteiger partial charge in [0, 0.05) is 26.2 Å². The second-order valence-corrected chi connectivity index (χ2v) is 5.00. The van der Waals surface area contributed by atoms with Crippen LogP contribution in [0.15, 0.2) is 34.9 Å². The van der Waals surface area contributed by atoms with E-state index in [1.807, 2.05) is 0 Å². The first kappa shape index (κ1) is 16.9. The zero-order valence-electron chi connectivity index (χ0n) is 11.7. The average molecular weight is 333 g/mol. The number of benzene rings is 1. The molecular weight excluding hydrogens is 317 g/mol. The number of rotatable bonds is 3. The fourth-order valence-electron chi connectivity index (χ4n) is 2.68. The molecule has 1 atom stereocenters. The topological polar surface area (TPSA) is 28.4 Å². The zero-order valence-corrected chi connectivity index (χ0v) is 12.5. The van der Waals surface area contributed by atoms with Crippen molar-refractivity contribution in [1.82, 2.24) is 10.2 Å². The van der Waals surface area contributed by atoms with Crippen LogP contribution in [0.5, 0.6) is 0 Å². The maximum atomic E-state index is 13.5. The Bertz CT molecular complexity index is 592. The number of nitrogens with zero attached hydrogens (tertiary/aromatic N) is 1. The average Bonchev–Trinajstić information content (AvgIpc) is 3.00. The number of nitrogens with one attached hydrogen (secondary N) is 1. The number of hydrogen-bond acceptors (Lipinski definition) is 3. The highest BCUT2D eigenvalue weighted by Gasteiger charge is 2.27. The van der Waals surface area contributed by atoms with Gasteiger partial charge in [-0.25, -0.2) is 13.2 Å². The second-order valence-electron chi connectivity index (χ2n) is 5.00. The molecular formula is C15H16ClF3N2O. The van der Waals surface area contributed by atoms with Gasteiger partial charge in [-0.1, -0.05) is 0 Å². The Kier molecular flexibility index (Phi) is 5.50. The van der Waals surface area contributed by atoms with Gasteiger partial charge in [-0.2, -0.15) is 0 Å². The minimum absolute atomic E-state index is 0. The summed E-state index contributed by atoms with van der Waals surface area (Å²) in [5, 5.41) is 3.22. The third-order valence-corrected chi connectivity index (χ3v) is 3.65. The van der Waals surface area contributed by atoms with Crippen molar-refractivity contribution in [3.8, 4) is 0 Å². The van der Waals surface area contributed by atoms with Gasteiger partial charge in [0.25, 0.3) is 0 Å². The molecule has 3 nitrogen and oxygen atoms in total. The summed E-state index contributed by atoms with van der Waals surface area (Å²) in [4.78, 5) is 2.06. The molecule has 0 bridgehead atoms. The molecule has 1 aromatic heterocycles. The third-order valence-electron chi connectivity index (χ3n) is 3.65. The molecule has 2 heterocycles. The van der Waals surface area contributed by atoms with Crippen molar-refractivity contribution in [3.05, 3.63) is 59.3 Å². The first-order chi connectivity index (χ1) is 10.2. The van der Waals surface area contributed by atoms with Crippen LogP contribution in [0.2, 0.25) is 0 Å². The molecule has 0 amide bonds. The summed E-state index contributed by atoms with van der Waals surface area (Å²) in [7, 11) is 0. The predicted octanol–water partition coefficient (Wildman–Crippen LogP) is 3.11. The zero-order chi connectivity index (χ0) is 14.8. The lowest BCUT2D eigenvalue weighted by atomic mass is 10.0. The van der Waals surface area contributed by atoms with Crippen molar-refractivity contribution in [2.24, 2.45) is 0 Å². The minimum Gasteiger partial charge on any atom is -0.467 e. The Balaban J connectivity index is 0.00000176. The van der Waals surface area contributed by atoms with Gasteiger partial charge < -0.3 is 9.73 Å². The number of piperazine rings is 1. The number of hydrogen-bond donors (Lipinski definition) is 1. The van der Waals surface area contributed by atoms with Crippen LogP contribution < -0.4 is 5.32 Å². The van der Waals surface area contributed by atoms with Gasteiger partial charge in [0.2, 0.25) is 0 Å². The summed E-state index contributed by atoms with van der Waals surface area (Å²) in [5.41, 5.74) is 0.350. The molecule has 120 valence electrons. The normalized spacial score (nSPS) is 17.0. The minimum atomic E-state index is -1.45. The van der Waals surface area contributed by atoms with Crippen LogP contribution in [0.25, 0.3) is 0 Å². The van der Waals surface area contributed by atoms with Crippen molar-refractivity contribution in [2.75, 3.05) is 26.2 Å². The van der Waals surface area contributed by atoms with Crippen LogP contribution in [0.1, 0.15) is 17.4 Å². The lowest BCUT2D eigenvalue weighted by Crippen LogP contribution is -2.45. The Morgan fingerprint density at radius 3 is 2.27 bits per heavy atom. The van der Waals surface area contributed by atoms with Crippen LogP contribution >= 0.6 is 12.4 Å². The molecule has 0 aliphatic carbocycles. The highest BCUT2D eigenvalue weighted by molar-refractivity contribution is 5.85. The van der Waals surface area contributed by atoms with Crippen molar-refractivity contribution < 1.29 is 17.6 Å². The van der Waals surface area contributed by atoms with Crippen molar-refractivity contribution in [2.45, 2.75) is 6.04 Å².